The Balaban J connectivity index is 1.39. The summed E-state index contributed by atoms with van der Waals surface area (Å²) in [7, 11) is 0. The standard InChI is InChI=1S/C25H36N8O2/c1-2-18-14-26-9-7-20(18)15-29-25(35)19-5-3-6-21(13-19)28-16-23-31-32-24(33(23)11-4-12-34)22-8-10-27-17-30-22/h3,5-6,8,10,13,18,20,26,28,30,34H,2,4,7,9,11-12,14-17H2,1H3,(H,29,35). The van der Waals surface area contributed by atoms with E-state index in [-0.39, 0.29) is 12.5 Å². The van der Waals surface area contributed by atoms with Crippen molar-refractivity contribution in [2.75, 3.05) is 38.2 Å². The van der Waals surface area contributed by atoms with Gasteiger partial charge >= 0.3 is 0 Å². The number of aliphatic hydroxyl groups is 1. The number of nitrogens with zero attached hydrogens (tertiary/aromatic N) is 4. The summed E-state index contributed by atoms with van der Waals surface area (Å²) in [4.78, 5) is 17.0. The van der Waals surface area contributed by atoms with E-state index < -0.39 is 0 Å². The fourth-order valence-electron chi connectivity index (χ4n) is 4.65. The molecule has 10 heteroatoms. The van der Waals surface area contributed by atoms with Crippen LogP contribution < -0.4 is 21.3 Å². The summed E-state index contributed by atoms with van der Waals surface area (Å²) < 4.78 is 2.00. The second kappa shape index (κ2) is 12.5. The Morgan fingerprint density at radius 2 is 2.20 bits per heavy atom. The monoisotopic (exact) mass is 480 g/mol. The third-order valence-electron chi connectivity index (χ3n) is 6.71. The van der Waals surface area contributed by atoms with Crippen molar-refractivity contribution >= 4 is 23.5 Å². The van der Waals surface area contributed by atoms with E-state index in [2.05, 4.69) is 43.4 Å². The van der Waals surface area contributed by atoms with Gasteiger partial charge in [0.05, 0.1) is 12.2 Å². The zero-order valence-corrected chi connectivity index (χ0v) is 20.3. The molecule has 1 amide bonds. The maximum atomic E-state index is 12.8. The van der Waals surface area contributed by atoms with Crippen molar-refractivity contribution < 1.29 is 9.90 Å². The molecule has 2 unspecified atom stereocenters. The Hall–Kier alpha value is -3.24. The molecule has 10 nitrogen and oxygen atoms in total. The fourth-order valence-corrected chi connectivity index (χ4v) is 4.65. The minimum Gasteiger partial charge on any atom is -0.396 e. The first-order chi connectivity index (χ1) is 17.2. The van der Waals surface area contributed by atoms with Crippen molar-refractivity contribution in [3.05, 3.63) is 47.6 Å². The molecule has 35 heavy (non-hydrogen) atoms. The molecule has 0 aliphatic carbocycles. The average Bonchev–Trinajstić information content (AvgIpc) is 3.32. The summed E-state index contributed by atoms with van der Waals surface area (Å²) in [5.74, 6) is 2.55. The number of aliphatic hydroxyl groups excluding tert-OH is 1. The molecular weight excluding hydrogens is 444 g/mol. The van der Waals surface area contributed by atoms with Gasteiger partial charge in [-0.15, -0.1) is 10.2 Å². The van der Waals surface area contributed by atoms with Gasteiger partial charge in [0.15, 0.2) is 11.6 Å². The topological polar surface area (TPSA) is 128 Å². The first kappa shape index (κ1) is 24.9. The highest BCUT2D eigenvalue weighted by Gasteiger charge is 2.24. The maximum absolute atomic E-state index is 12.8. The first-order valence-electron chi connectivity index (χ1n) is 12.5. The number of aliphatic imine (C=N–C) groups is 1. The number of rotatable bonds is 11. The average molecular weight is 481 g/mol. The molecule has 2 atom stereocenters. The van der Waals surface area contributed by atoms with Gasteiger partial charge in [0, 0.05) is 37.2 Å². The summed E-state index contributed by atoms with van der Waals surface area (Å²) in [5, 5.41) is 31.2. The van der Waals surface area contributed by atoms with Gasteiger partial charge < -0.3 is 30.9 Å². The van der Waals surface area contributed by atoms with E-state index in [9.17, 15) is 9.90 Å². The third kappa shape index (κ3) is 6.46. The number of hydrogen-bond donors (Lipinski definition) is 5. The van der Waals surface area contributed by atoms with Gasteiger partial charge in [-0.05, 0) is 62.0 Å². The molecule has 2 aliphatic heterocycles. The number of amides is 1. The van der Waals surface area contributed by atoms with Crippen molar-refractivity contribution in [1.29, 1.82) is 0 Å². The zero-order chi connectivity index (χ0) is 24.5. The molecule has 0 saturated carbocycles. The predicted molar refractivity (Wildman–Crippen MR) is 137 cm³/mol. The molecule has 0 radical (unpaired) electrons. The lowest BCUT2D eigenvalue weighted by Crippen LogP contribution is -2.42. The van der Waals surface area contributed by atoms with Crippen LogP contribution in [0.2, 0.25) is 0 Å². The molecule has 2 aliphatic rings. The lowest BCUT2D eigenvalue weighted by Gasteiger charge is -2.31. The van der Waals surface area contributed by atoms with Crippen LogP contribution in [0.4, 0.5) is 5.69 Å². The summed E-state index contributed by atoms with van der Waals surface area (Å²) in [5.41, 5.74) is 2.33. The van der Waals surface area contributed by atoms with Crippen molar-refractivity contribution in [2.24, 2.45) is 16.8 Å². The summed E-state index contributed by atoms with van der Waals surface area (Å²) in [6.45, 7) is 6.60. The van der Waals surface area contributed by atoms with Gasteiger partial charge in [-0.1, -0.05) is 19.4 Å². The highest BCUT2D eigenvalue weighted by atomic mass is 16.3. The lowest BCUT2D eigenvalue weighted by molar-refractivity contribution is 0.0935. The van der Waals surface area contributed by atoms with Gasteiger partial charge in [-0.25, -0.2) is 0 Å². The lowest BCUT2D eigenvalue weighted by atomic mass is 9.84. The van der Waals surface area contributed by atoms with Crippen LogP contribution in [0.15, 0.2) is 35.3 Å². The molecule has 4 rings (SSSR count). The van der Waals surface area contributed by atoms with Gasteiger partial charge in [-0.3, -0.25) is 9.79 Å². The third-order valence-corrected chi connectivity index (χ3v) is 6.71. The van der Waals surface area contributed by atoms with Crippen LogP contribution in [0, 0.1) is 11.8 Å². The Labute approximate surface area is 206 Å². The number of benzene rings is 1. The van der Waals surface area contributed by atoms with Crippen LogP contribution >= 0.6 is 0 Å². The van der Waals surface area contributed by atoms with Crippen molar-refractivity contribution in [3.8, 4) is 0 Å². The predicted octanol–water partition coefficient (Wildman–Crippen LogP) is 1.61. The highest BCUT2D eigenvalue weighted by molar-refractivity contribution is 5.95. The molecule has 1 aromatic carbocycles. The molecule has 0 bridgehead atoms. The van der Waals surface area contributed by atoms with Gasteiger partial charge in [-0.2, -0.15) is 0 Å². The van der Waals surface area contributed by atoms with E-state index in [0.717, 1.165) is 49.0 Å². The first-order valence-corrected chi connectivity index (χ1v) is 12.5. The van der Waals surface area contributed by atoms with Gasteiger partial charge in [0.25, 0.3) is 5.91 Å². The normalized spacial score (nSPS) is 19.7. The van der Waals surface area contributed by atoms with Crippen LogP contribution in [-0.4, -0.2) is 64.9 Å². The van der Waals surface area contributed by atoms with E-state index in [0.29, 0.717) is 50.1 Å². The molecule has 2 aromatic rings. The van der Waals surface area contributed by atoms with Crippen LogP contribution in [0.3, 0.4) is 0 Å². The number of hydrogen-bond acceptors (Lipinski definition) is 8. The summed E-state index contributed by atoms with van der Waals surface area (Å²) in [6.07, 6.45) is 6.44. The van der Waals surface area contributed by atoms with E-state index >= 15 is 0 Å². The Kier molecular flexibility index (Phi) is 8.85. The molecule has 3 heterocycles. The number of carbonyl (C=O) groups excluding carboxylic acids is 1. The number of carbonyl (C=O) groups is 1. The molecule has 5 N–H and O–H groups in total. The van der Waals surface area contributed by atoms with Gasteiger partial charge in [0.1, 0.15) is 6.67 Å². The second-order valence-corrected chi connectivity index (χ2v) is 8.98. The summed E-state index contributed by atoms with van der Waals surface area (Å²) in [6, 6.07) is 7.53. The van der Waals surface area contributed by atoms with Crippen LogP contribution in [0.25, 0.3) is 5.70 Å². The molecule has 1 saturated heterocycles. The van der Waals surface area contributed by atoms with Crippen LogP contribution in [0.1, 0.15) is 48.2 Å². The van der Waals surface area contributed by atoms with E-state index in [4.69, 9.17) is 0 Å². The largest absolute Gasteiger partial charge is 0.396 e. The molecular formula is C25H36N8O2. The molecule has 1 aromatic heterocycles. The Morgan fingerprint density at radius 1 is 1.29 bits per heavy atom. The SMILES string of the molecule is CCC1CNCCC1CNC(=O)c1cccc(NCc2nnc(C3=CC=NCN3)n2CCCO)c1. The smallest absolute Gasteiger partial charge is 0.251 e. The quantitative estimate of drug-likeness (QED) is 0.331. The van der Waals surface area contributed by atoms with Crippen LogP contribution in [0.5, 0.6) is 0 Å². The van der Waals surface area contributed by atoms with Crippen molar-refractivity contribution in [3.63, 3.8) is 0 Å². The second-order valence-electron chi connectivity index (χ2n) is 8.98. The van der Waals surface area contributed by atoms with Gasteiger partial charge in [0.2, 0.25) is 0 Å². The minimum atomic E-state index is -0.0487. The Morgan fingerprint density at radius 3 is 3.00 bits per heavy atom. The summed E-state index contributed by atoms with van der Waals surface area (Å²) >= 11 is 0. The minimum absolute atomic E-state index is 0.0487. The highest BCUT2D eigenvalue weighted by Crippen LogP contribution is 2.22. The maximum Gasteiger partial charge on any atom is 0.251 e. The molecule has 0 spiro atoms. The molecule has 1 fully saturated rings. The number of anilines is 1. The zero-order valence-electron chi connectivity index (χ0n) is 20.3. The number of allylic oxidation sites excluding steroid dienone is 1. The van der Waals surface area contributed by atoms with E-state index in [1.165, 1.54) is 0 Å². The Bertz CT molecular complexity index is 1050. The molecule has 188 valence electrons. The van der Waals surface area contributed by atoms with Crippen molar-refractivity contribution in [1.82, 2.24) is 30.7 Å². The number of piperidine rings is 1. The number of aromatic nitrogens is 3. The number of nitrogens with one attached hydrogen (secondary N) is 4. The van der Waals surface area contributed by atoms with Crippen molar-refractivity contribution in [2.45, 2.75) is 39.3 Å². The van der Waals surface area contributed by atoms with E-state index in [1.807, 2.05) is 34.9 Å². The van der Waals surface area contributed by atoms with E-state index in [1.54, 1.807) is 6.21 Å². The fraction of sp³-hybridized carbons (Fsp3) is 0.520. The van der Waals surface area contributed by atoms with Crippen LogP contribution in [-0.2, 0) is 13.1 Å².